The van der Waals surface area contributed by atoms with Gasteiger partial charge in [0.2, 0.25) is 11.8 Å². The summed E-state index contributed by atoms with van der Waals surface area (Å²) in [5, 5.41) is 2.13. The average Bonchev–Trinajstić information content (AvgIpc) is 2.83. The van der Waals surface area contributed by atoms with Crippen LogP contribution in [0.25, 0.3) is 0 Å². The van der Waals surface area contributed by atoms with Gasteiger partial charge in [0.05, 0.1) is 19.2 Å². The monoisotopic (exact) mass is 342 g/mol. The highest BCUT2D eigenvalue weighted by Gasteiger charge is 2.42. The van der Waals surface area contributed by atoms with E-state index >= 15 is 0 Å². The molecule has 1 fully saturated rings. The molecule has 2 aliphatic heterocycles. The third kappa shape index (κ3) is 2.59. The molecule has 24 heavy (non-hydrogen) atoms. The van der Waals surface area contributed by atoms with Gasteiger partial charge in [0.25, 0.3) is 5.91 Å². The molecule has 0 radical (unpaired) electrons. The lowest BCUT2D eigenvalue weighted by atomic mass is 10.0. The van der Waals surface area contributed by atoms with Gasteiger partial charge in [-0.15, -0.1) is 0 Å². The van der Waals surface area contributed by atoms with E-state index in [1.54, 1.807) is 0 Å². The van der Waals surface area contributed by atoms with Gasteiger partial charge in [0, 0.05) is 17.5 Å². The molecule has 2 heterocycles. The van der Waals surface area contributed by atoms with Crippen molar-refractivity contribution in [3.63, 3.8) is 0 Å². The van der Waals surface area contributed by atoms with Crippen LogP contribution in [0.3, 0.4) is 0 Å². The number of nitrogens with one attached hydrogen (secondary N) is 1. The molecule has 6 nitrogen and oxygen atoms in total. The number of nitrogens with zero attached hydrogens (tertiary/aromatic N) is 1. The molecule has 0 saturated carbocycles. The maximum Gasteiger partial charge on any atom is 0.416 e. The lowest BCUT2D eigenvalue weighted by molar-refractivity contribution is -0.138. The first-order valence-electron chi connectivity index (χ1n) is 7.15. The molecule has 2 aliphatic rings. The predicted molar refractivity (Wildman–Crippen MR) is 74.0 cm³/mol. The highest BCUT2D eigenvalue weighted by Crippen LogP contribution is 2.39. The van der Waals surface area contributed by atoms with Crippen molar-refractivity contribution in [2.45, 2.75) is 31.6 Å². The Balaban J connectivity index is 1.98. The summed E-state index contributed by atoms with van der Waals surface area (Å²) in [4.78, 5) is 36.8. The van der Waals surface area contributed by atoms with Crippen LogP contribution < -0.4 is 10.1 Å². The van der Waals surface area contributed by atoms with Crippen molar-refractivity contribution in [3.8, 4) is 5.75 Å². The normalized spacial score (nSPS) is 20.9. The Morgan fingerprint density at radius 1 is 1.25 bits per heavy atom. The number of benzene rings is 1. The molecule has 0 spiro atoms. The first-order valence-corrected chi connectivity index (χ1v) is 7.15. The number of alkyl halides is 3. The van der Waals surface area contributed by atoms with Crippen molar-refractivity contribution < 1.29 is 32.3 Å². The first-order chi connectivity index (χ1) is 11.2. The van der Waals surface area contributed by atoms with E-state index in [1.807, 2.05) is 0 Å². The topological polar surface area (TPSA) is 75.7 Å². The number of fused-ring (bicyclic) bond motifs is 1. The Labute approximate surface area is 134 Å². The molecule has 1 aromatic carbocycles. The van der Waals surface area contributed by atoms with E-state index in [0.717, 1.165) is 12.1 Å². The van der Waals surface area contributed by atoms with Gasteiger partial charge in [-0.1, -0.05) is 0 Å². The van der Waals surface area contributed by atoms with Crippen LogP contribution in [-0.2, 0) is 22.3 Å². The van der Waals surface area contributed by atoms with Gasteiger partial charge in [-0.25, -0.2) is 0 Å². The summed E-state index contributed by atoms with van der Waals surface area (Å²) in [7, 11) is 1.22. The Bertz CT molecular complexity index is 745. The number of hydrogen-bond donors (Lipinski definition) is 1. The number of imide groups is 1. The minimum atomic E-state index is -4.62. The number of piperidine rings is 1. The fourth-order valence-electron chi connectivity index (χ4n) is 2.97. The molecule has 0 aliphatic carbocycles. The van der Waals surface area contributed by atoms with Crippen molar-refractivity contribution in [1.82, 2.24) is 10.2 Å². The fraction of sp³-hybridized carbons (Fsp3) is 0.400. The van der Waals surface area contributed by atoms with Crippen LogP contribution in [-0.4, -0.2) is 35.8 Å². The second-order valence-corrected chi connectivity index (χ2v) is 5.60. The molecular weight excluding hydrogens is 329 g/mol. The Kier molecular flexibility index (Phi) is 3.73. The summed E-state index contributed by atoms with van der Waals surface area (Å²) in [6, 6.07) is 0.716. The van der Waals surface area contributed by atoms with Gasteiger partial charge >= 0.3 is 6.18 Å². The van der Waals surface area contributed by atoms with Crippen molar-refractivity contribution in [2.75, 3.05) is 7.11 Å². The number of hydrogen-bond acceptors (Lipinski definition) is 4. The quantitative estimate of drug-likeness (QED) is 0.826. The third-order valence-electron chi connectivity index (χ3n) is 4.16. The van der Waals surface area contributed by atoms with Crippen molar-refractivity contribution in [1.29, 1.82) is 0 Å². The summed E-state index contributed by atoms with van der Waals surface area (Å²) in [5.74, 6) is -1.79. The van der Waals surface area contributed by atoms with E-state index in [1.165, 1.54) is 12.0 Å². The smallest absolute Gasteiger partial charge is 0.416 e. The molecule has 128 valence electrons. The van der Waals surface area contributed by atoms with Crippen LogP contribution in [0.15, 0.2) is 12.1 Å². The zero-order valence-electron chi connectivity index (χ0n) is 12.6. The maximum atomic E-state index is 13.0. The summed E-state index contributed by atoms with van der Waals surface area (Å²) in [6.45, 7) is -0.0399. The summed E-state index contributed by atoms with van der Waals surface area (Å²) >= 11 is 0. The van der Waals surface area contributed by atoms with Crippen molar-refractivity contribution in [3.05, 3.63) is 28.8 Å². The van der Waals surface area contributed by atoms with Gasteiger partial charge in [-0.2, -0.15) is 13.2 Å². The van der Waals surface area contributed by atoms with Crippen molar-refractivity contribution in [2.24, 2.45) is 0 Å². The molecule has 0 aromatic heterocycles. The summed E-state index contributed by atoms with van der Waals surface area (Å²) < 4.78 is 43.9. The van der Waals surface area contributed by atoms with Crippen LogP contribution in [0.4, 0.5) is 13.2 Å². The average molecular weight is 342 g/mol. The highest BCUT2D eigenvalue weighted by atomic mass is 19.4. The number of carbonyl (C=O) groups is 3. The maximum absolute atomic E-state index is 13.0. The lowest BCUT2D eigenvalue weighted by Crippen LogP contribution is -2.52. The molecule has 3 amide bonds. The Morgan fingerprint density at radius 3 is 2.54 bits per heavy atom. The minimum Gasteiger partial charge on any atom is -0.496 e. The van der Waals surface area contributed by atoms with Gasteiger partial charge in [-0.05, 0) is 18.6 Å². The molecule has 3 rings (SSSR count). The number of rotatable bonds is 2. The van der Waals surface area contributed by atoms with Gasteiger partial charge < -0.3 is 9.64 Å². The second-order valence-electron chi connectivity index (χ2n) is 5.60. The van der Waals surface area contributed by atoms with E-state index in [-0.39, 0.29) is 30.7 Å². The van der Waals surface area contributed by atoms with Crippen LogP contribution in [0.5, 0.6) is 5.75 Å². The number of methoxy groups -OCH3 is 1. The molecule has 1 aromatic rings. The van der Waals surface area contributed by atoms with Crippen LogP contribution in [0, 0.1) is 0 Å². The molecule has 0 bridgehead atoms. The Morgan fingerprint density at radius 2 is 1.96 bits per heavy atom. The van der Waals surface area contributed by atoms with E-state index in [9.17, 15) is 27.6 Å². The van der Waals surface area contributed by atoms with Gasteiger partial charge in [0.15, 0.2) is 0 Å². The lowest BCUT2D eigenvalue weighted by Gasteiger charge is -2.29. The molecule has 1 saturated heterocycles. The predicted octanol–water partition coefficient (Wildman–Crippen LogP) is 1.47. The van der Waals surface area contributed by atoms with Gasteiger partial charge in [0.1, 0.15) is 11.8 Å². The van der Waals surface area contributed by atoms with Gasteiger partial charge in [-0.3, -0.25) is 19.7 Å². The fourth-order valence-corrected chi connectivity index (χ4v) is 2.97. The number of ether oxygens (including phenoxy) is 1. The number of halogens is 3. The SMILES string of the molecule is COc1cc(C(F)(F)F)cc2c1CN(C1CCC(=O)NC1=O)C2=O. The van der Waals surface area contributed by atoms with Crippen LogP contribution in [0.2, 0.25) is 0 Å². The minimum absolute atomic E-state index is 0.0399. The second kappa shape index (κ2) is 5.50. The highest BCUT2D eigenvalue weighted by molar-refractivity contribution is 6.05. The molecule has 1 atom stereocenters. The van der Waals surface area contributed by atoms with E-state index in [2.05, 4.69) is 5.32 Å². The zero-order valence-corrected chi connectivity index (χ0v) is 12.6. The van der Waals surface area contributed by atoms with Crippen LogP contribution >= 0.6 is 0 Å². The van der Waals surface area contributed by atoms with Crippen LogP contribution in [0.1, 0.15) is 34.3 Å². The molecule has 1 unspecified atom stereocenters. The summed E-state index contributed by atoms with van der Waals surface area (Å²) in [5.41, 5.74) is -0.817. The van der Waals surface area contributed by atoms with Crippen molar-refractivity contribution >= 4 is 17.7 Å². The molecule has 9 heteroatoms. The summed E-state index contributed by atoms with van der Waals surface area (Å²) in [6.07, 6.45) is -4.41. The first kappa shape index (κ1) is 16.3. The number of amides is 3. The molecular formula is C15H13F3N2O4. The Hall–Kier alpha value is -2.58. The van der Waals surface area contributed by atoms with E-state index in [0.29, 0.717) is 5.56 Å². The largest absolute Gasteiger partial charge is 0.496 e. The molecule has 1 N–H and O–H groups in total. The number of carbonyl (C=O) groups excluding carboxylic acids is 3. The zero-order chi connectivity index (χ0) is 17.6. The third-order valence-corrected chi connectivity index (χ3v) is 4.16. The van der Waals surface area contributed by atoms with E-state index in [4.69, 9.17) is 4.74 Å². The van der Waals surface area contributed by atoms with E-state index < -0.39 is 35.5 Å². The standard InChI is InChI=1S/C15H13F3N2O4/c1-24-11-5-7(15(16,17)18)4-8-9(11)6-20(14(8)23)10-2-3-12(21)19-13(10)22/h4-5,10H,2-3,6H2,1H3,(H,19,21,22).